The van der Waals surface area contributed by atoms with Gasteiger partial charge in [0, 0.05) is 24.9 Å². The van der Waals surface area contributed by atoms with Gasteiger partial charge >= 0.3 is 0 Å². The Balaban J connectivity index is 1.85. The zero-order valence-corrected chi connectivity index (χ0v) is 12.8. The van der Waals surface area contributed by atoms with Crippen molar-refractivity contribution in [2.45, 2.75) is 19.3 Å². The van der Waals surface area contributed by atoms with Gasteiger partial charge in [-0.2, -0.15) is 15.4 Å². The molecule has 5 heteroatoms. The molecule has 0 radical (unpaired) electrons. The fourth-order valence-corrected chi connectivity index (χ4v) is 2.93. The summed E-state index contributed by atoms with van der Waals surface area (Å²) in [5.74, 6) is 6.23. The Bertz CT molecular complexity index is 743. The van der Waals surface area contributed by atoms with E-state index >= 15 is 0 Å². The molecule has 23 heavy (non-hydrogen) atoms. The number of fused-ring (bicyclic) bond motifs is 1. The van der Waals surface area contributed by atoms with E-state index in [1.165, 1.54) is 5.56 Å². The summed E-state index contributed by atoms with van der Waals surface area (Å²) in [7, 11) is 0. The maximum absolute atomic E-state index is 10.8. The van der Waals surface area contributed by atoms with Crippen molar-refractivity contribution in [3.8, 4) is 0 Å². The zero-order valence-electron chi connectivity index (χ0n) is 12.8. The number of carboxylic acids is 1. The van der Waals surface area contributed by atoms with Gasteiger partial charge in [-0.15, -0.1) is 0 Å². The van der Waals surface area contributed by atoms with Gasteiger partial charge in [0.25, 0.3) is 0 Å². The van der Waals surface area contributed by atoms with E-state index in [-0.39, 0.29) is 11.0 Å². The molecule has 2 N–H and O–H groups in total. The lowest BCUT2D eigenvalue weighted by molar-refractivity contribution is -0.305. The maximum atomic E-state index is 10.8. The zero-order chi connectivity index (χ0) is 16.3. The molecule has 1 aliphatic rings. The standard InChI is InChI=1S/C18H19N3O2/c19-21(13-12-14-6-2-1-3-7-14)16-9-5-4-8-15(16)20-17(21)10-11-18(22)23/h1-9H,10-13,19H2. The predicted molar refractivity (Wildman–Crippen MR) is 88.8 cm³/mol. The van der Waals surface area contributed by atoms with Gasteiger partial charge < -0.3 is 9.90 Å². The number of carboxylic acid groups (broad SMARTS) is 1. The van der Waals surface area contributed by atoms with E-state index in [0.29, 0.717) is 18.8 Å². The lowest BCUT2D eigenvalue weighted by Gasteiger charge is -2.29. The highest BCUT2D eigenvalue weighted by molar-refractivity contribution is 6.02. The van der Waals surface area contributed by atoms with Gasteiger partial charge in [0.15, 0.2) is 5.69 Å². The van der Waals surface area contributed by atoms with E-state index in [4.69, 9.17) is 5.84 Å². The number of para-hydroxylation sites is 2. The highest BCUT2D eigenvalue weighted by atomic mass is 16.4. The third-order valence-corrected chi connectivity index (χ3v) is 4.17. The predicted octanol–water partition coefficient (Wildman–Crippen LogP) is 1.68. The van der Waals surface area contributed by atoms with Crippen molar-refractivity contribution in [3.05, 3.63) is 60.2 Å². The number of aliphatic carboxylic acids is 1. The number of carbonyl (C=O) groups excluding carboxylic acids is 1. The van der Waals surface area contributed by atoms with Crippen LogP contribution in [0.3, 0.4) is 0 Å². The summed E-state index contributed by atoms with van der Waals surface area (Å²) in [6.45, 7) is 0.632. The molecule has 0 aromatic heterocycles. The van der Waals surface area contributed by atoms with Crippen LogP contribution in [0.4, 0.5) is 11.4 Å². The van der Waals surface area contributed by atoms with Crippen LogP contribution in [0.15, 0.2) is 59.6 Å². The van der Waals surface area contributed by atoms with Crippen LogP contribution in [0.25, 0.3) is 0 Å². The Kier molecular flexibility index (Phi) is 4.23. The topological polar surface area (TPSA) is 78.5 Å². The Morgan fingerprint density at radius 1 is 1.04 bits per heavy atom. The molecule has 0 saturated heterocycles. The molecular weight excluding hydrogens is 290 g/mol. The van der Waals surface area contributed by atoms with Gasteiger partial charge in [-0.05, 0) is 18.1 Å². The van der Waals surface area contributed by atoms with E-state index in [2.05, 4.69) is 17.1 Å². The molecular formula is C18H19N3O2. The van der Waals surface area contributed by atoms with Crippen molar-refractivity contribution in [1.29, 1.82) is 0 Å². The first-order valence-electron chi connectivity index (χ1n) is 7.68. The number of quaternary nitrogens is 1. The van der Waals surface area contributed by atoms with Gasteiger partial charge in [0.05, 0.1) is 0 Å². The molecule has 0 amide bonds. The maximum Gasteiger partial charge on any atom is 0.228 e. The summed E-state index contributed by atoms with van der Waals surface area (Å²) in [6, 6.07) is 17.8. The van der Waals surface area contributed by atoms with Crippen molar-refractivity contribution in [1.82, 2.24) is 4.59 Å². The highest BCUT2D eigenvalue weighted by Gasteiger charge is 2.40. The molecule has 1 aliphatic heterocycles. The van der Waals surface area contributed by atoms with Crippen molar-refractivity contribution >= 4 is 23.2 Å². The number of aliphatic imine (C=N–C) groups is 1. The molecule has 2 aromatic rings. The molecule has 0 aliphatic carbocycles. The van der Waals surface area contributed by atoms with Crippen LogP contribution >= 0.6 is 0 Å². The Morgan fingerprint density at radius 3 is 2.48 bits per heavy atom. The van der Waals surface area contributed by atoms with Crippen LogP contribution in [0.2, 0.25) is 0 Å². The normalized spacial score (nSPS) is 19.3. The minimum atomic E-state index is -1.08. The summed E-state index contributed by atoms with van der Waals surface area (Å²) in [5, 5.41) is 10.8. The highest BCUT2D eigenvalue weighted by Crippen LogP contribution is 2.39. The van der Waals surface area contributed by atoms with Crippen LogP contribution in [0.1, 0.15) is 18.4 Å². The lowest BCUT2D eigenvalue weighted by atomic mass is 10.1. The quantitative estimate of drug-likeness (QED) is 0.651. The van der Waals surface area contributed by atoms with Gasteiger partial charge in [0.2, 0.25) is 5.84 Å². The van der Waals surface area contributed by atoms with E-state index in [0.717, 1.165) is 17.8 Å². The second kappa shape index (κ2) is 6.32. The third kappa shape index (κ3) is 3.16. The summed E-state index contributed by atoms with van der Waals surface area (Å²) in [4.78, 5) is 15.4. The minimum absolute atomic E-state index is 0.0678. The van der Waals surface area contributed by atoms with Gasteiger partial charge in [-0.25, -0.2) is 0 Å². The number of rotatable bonds is 6. The van der Waals surface area contributed by atoms with E-state index in [9.17, 15) is 9.90 Å². The van der Waals surface area contributed by atoms with Gasteiger partial charge in [-0.3, -0.25) is 0 Å². The van der Waals surface area contributed by atoms with Crippen molar-refractivity contribution in [2.75, 3.05) is 6.54 Å². The molecule has 0 bridgehead atoms. The number of nitrogens with two attached hydrogens (primary N) is 1. The lowest BCUT2D eigenvalue weighted by Crippen LogP contribution is -2.60. The number of hydrogen-bond donors (Lipinski definition) is 1. The second-order valence-electron chi connectivity index (χ2n) is 5.72. The number of hydrogen-bond acceptors (Lipinski definition) is 4. The molecule has 5 nitrogen and oxygen atoms in total. The Labute approximate surface area is 135 Å². The molecule has 1 heterocycles. The third-order valence-electron chi connectivity index (χ3n) is 4.17. The molecule has 0 spiro atoms. The van der Waals surface area contributed by atoms with Crippen molar-refractivity contribution in [3.63, 3.8) is 0 Å². The average molecular weight is 309 g/mol. The van der Waals surface area contributed by atoms with E-state index < -0.39 is 5.97 Å². The van der Waals surface area contributed by atoms with Crippen LogP contribution in [-0.2, 0) is 11.2 Å². The summed E-state index contributed by atoms with van der Waals surface area (Å²) < 4.78 is 0.0678. The van der Waals surface area contributed by atoms with Crippen LogP contribution in [0, 0.1) is 0 Å². The first kappa shape index (κ1) is 15.4. The molecule has 3 rings (SSSR count). The summed E-state index contributed by atoms with van der Waals surface area (Å²) in [6.07, 6.45) is 1.01. The van der Waals surface area contributed by atoms with E-state index in [1.54, 1.807) is 0 Å². The molecule has 2 aromatic carbocycles. The largest absolute Gasteiger partial charge is 0.550 e. The molecule has 1 unspecified atom stereocenters. The summed E-state index contributed by atoms with van der Waals surface area (Å²) >= 11 is 0. The fraction of sp³-hybridized carbons (Fsp3) is 0.222. The molecule has 0 fully saturated rings. The number of amidine groups is 1. The second-order valence-corrected chi connectivity index (χ2v) is 5.72. The minimum Gasteiger partial charge on any atom is -0.550 e. The SMILES string of the molecule is N[N+]1(CCc2ccccc2)C(CCC(=O)[O-])=Nc2ccccc21. The number of benzene rings is 2. The fourth-order valence-electron chi connectivity index (χ4n) is 2.93. The Morgan fingerprint density at radius 2 is 1.74 bits per heavy atom. The monoisotopic (exact) mass is 309 g/mol. The van der Waals surface area contributed by atoms with Crippen LogP contribution < -0.4 is 15.5 Å². The Hall–Kier alpha value is -2.50. The van der Waals surface area contributed by atoms with E-state index in [1.807, 2.05) is 42.5 Å². The first-order chi connectivity index (χ1) is 11.1. The first-order valence-corrected chi connectivity index (χ1v) is 7.68. The smallest absolute Gasteiger partial charge is 0.228 e. The van der Waals surface area contributed by atoms with Crippen LogP contribution in [0.5, 0.6) is 0 Å². The molecule has 1 atom stereocenters. The molecule has 0 saturated carbocycles. The van der Waals surface area contributed by atoms with Gasteiger partial charge in [0.1, 0.15) is 12.2 Å². The van der Waals surface area contributed by atoms with Gasteiger partial charge in [-0.1, -0.05) is 42.5 Å². The van der Waals surface area contributed by atoms with Crippen molar-refractivity contribution < 1.29 is 9.90 Å². The number of carbonyl (C=O) groups is 1. The summed E-state index contributed by atoms with van der Waals surface area (Å²) in [5.41, 5.74) is 2.92. The molecule has 118 valence electrons. The average Bonchev–Trinajstić information content (AvgIpc) is 2.85. The van der Waals surface area contributed by atoms with Crippen molar-refractivity contribution in [2.24, 2.45) is 10.8 Å². The number of nitrogens with zero attached hydrogens (tertiary/aromatic N) is 2. The van der Waals surface area contributed by atoms with Crippen LogP contribution in [-0.4, -0.2) is 18.3 Å².